The van der Waals surface area contributed by atoms with Crippen LogP contribution in [0.4, 0.5) is 0 Å². The fourth-order valence-corrected chi connectivity index (χ4v) is 3.92. The predicted molar refractivity (Wildman–Crippen MR) is 105 cm³/mol. The lowest BCUT2D eigenvalue weighted by Crippen LogP contribution is -2.34. The molecule has 1 saturated carbocycles. The Hall–Kier alpha value is -1.19. The van der Waals surface area contributed by atoms with Crippen molar-refractivity contribution in [2.45, 2.75) is 43.2 Å². The van der Waals surface area contributed by atoms with Gasteiger partial charge in [0, 0.05) is 19.7 Å². The summed E-state index contributed by atoms with van der Waals surface area (Å²) in [4.78, 5) is 12.0. The predicted octanol–water partition coefficient (Wildman–Crippen LogP) is 1.18. The Labute approximate surface area is 167 Å². The van der Waals surface area contributed by atoms with Crippen molar-refractivity contribution in [1.82, 2.24) is 15.4 Å². The van der Waals surface area contributed by atoms with E-state index in [0.29, 0.717) is 26.2 Å². The van der Waals surface area contributed by atoms with Crippen LogP contribution in [0.1, 0.15) is 31.2 Å². The van der Waals surface area contributed by atoms with Gasteiger partial charge in [-0.2, -0.15) is 0 Å². The number of amides is 1. The number of hydrogen-bond donors (Lipinski definition) is 3. The number of halogens is 1. The molecule has 0 spiro atoms. The largest absolute Gasteiger partial charge is 0.377 e. The average Bonchev–Trinajstić information content (AvgIpc) is 3.30. The van der Waals surface area contributed by atoms with Crippen molar-refractivity contribution >= 4 is 28.3 Å². The van der Waals surface area contributed by atoms with Crippen LogP contribution in [0.25, 0.3) is 0 Å². The molecule has 3 rings (SSSR count). The molecule has 7 nitrogen and oxygen atoms in total. The molecule has 1 aliphatic carbocycles. The van der Waals surface area contributed by atoms with Gasteiger partial charge < -0.3 is 15.4 Å². The zero-order chi connectivity index (χ0) is 18.4. The number of carbonyl (C=O) groups is 1. The minimum absolute atomic E-state index is 0. The minimum atomic E-state index is -3.54. The van der Waals surface area contributed by atoms with Gasteiger partial charge in [-0.25, -0.2) is 13.1 Å². The number of ether oxygens (including phenoxy) is 1. The number of nitrogens with one attached hydrogen (secondary N) is 3. The van der Waals surface area contributed by atoms with Gasteiger partial charge in [-0.1, -0.05) is 12.1 Å². The topological polar surface area (TPSA) is 96.5 Å². The number of sulfonamides is 1. The molecular weight excluding hydrogens is 390 g/mol. The van der Waals surface area contributed by atoms with Gasteiger partial charge in [0.2, 0.25) is 15.9 Å². The van der Waals surface area contributed by atoms with Gasteiger partial charge in [-0.15, -0.1) is 12.4 Å². The van der Waals surface area contributed by atoms with Crippen LogP contribution in [0, 0.1) is 5.92 Å². The third-order valence-corrected chi connectivity index (χ3v) is 6.10. The molecule has 1 aromatic carbocycles. The van der Waals surface area contributed by atoms with Crippen molar-refractivity contribution in [3.63, 3.8) is 0 Å². The van der Waals surface area contributed by atoms with Gasteiger partial charge >= 0.3 is 0 Å². The quantitative estimate of drug-likeness (QED) is 0.531. The van der Waals surface area contributed by atoms with Gasteiger partial charge in [0.1, 0.15) is 0 Å². The molecule has 2 fully saturated rings. The molecule has 0 aromatic heterocycles. The highest BCUT2D eigenvalue weighted by atomic mass is 35.5. The molecule has 1 atom stereocenters. The summed E-state index contributed by atoms with van der Waals surface area (Å²) in [7, 11) is -3.54. The van der Waals surface area contributed by atoms with Crippen LogP contribution in [0.3, 0.4) is 0 Å². The maximum absolute atomic E-state index is 12.3. The van der Waals surface area contributed by atoms with Gasteiger partial charge in [0.25, 0.3) is 0 Å². The second kappa shape index (κ2) is 10.4. The molecule has 1 saturated heterocycles. The highest BCUT2D eigenvalue weighted by Crippen LogP contribution is 2.27. The molecule has 0 bridgehead atoms. The highest BCUT2D eigenvalue weighted by molar-refractivity contribution is 7.89. The lowest BCUT2D eigenvalue weighted by molar-refractivity contribution is -0.120. The van der Waals surface area contributed by atoms with E-state index in [1.54, 1.807) is 24.3 Å². The summed E-state index contributed by atoms with van der Waals surface area (Å²) in [5.74, 6) is 0.687. The Morgan fingerprint density at radius 1 is 1.11 bits per heavy atom. The van der Waals surface area contributed by atoms with E-state index in [0.717, 1.165) is 30.9 Å². The van der Waals surface area contributed by atoms with E-state index in [1.807, 2.05) is 0 Å². The molecule has 1 unspecified atom stereocenters. The maximum Gasteiger partial charge on any atom is 0.240 e. The van der Waals surface area contributed by atoms with E-state index in [1.165, 1.54) is 12.8 Å². The molecular formula is C18H28ClN3O4S. The molecule has 3 N–H and O–H groups in total. The lowest BCUT2D eigenvalue weighted by atomic mass is 10.2. The summed E-state index contributed by atoms with van der Waals surface area (Å²) in [5.41, 5.74) is 0.860. The number of benzene rings is 1. The molecule has 0 radical (unpaired) electrons. The monoisotopic (exact) mass is 417 g/mol. The Morgan fingerprint density at radius 2 is 1.85 bits per heavy atom. The second-order valence-corrected chi connectivity index (χ2v) is 8.75. The third kappa shape index (κ3) is 7.38. The standard InChI is InChI=1S/C18H27N3O4S.ClH/c22-18(13-19-10-14-3-4-14)20-11-15-5-7-17(8-6-15)26(23,24)21-12-16-2-1-9-25-16;/h5-8,14,16,19,21H,1-4,9-13H2,(H,20,22);1H. The SMILES string of the molecule is Cl.O=C(CNCC1CC1)NCc1ccc(S(=O)(=O)NCC2CCCO2)cc1. The molecule has 1 heterocycles. The number of carbonyl (C=O) groups excluding carboxylic acids is 1. The molecule has 2 aliphatic rings. The fourth-order valence-electron chi connectivity index (χ4n) is 2.85. The van der Waals surface area contributed by atoms with Crippen molar-refractivity contribution < 1.29 is 17.9 Å². The Kier molecular flexibility index (Phi) is 8.50. The summed E-state index contributed by atoms with van der Waals surface area (Å²) in [6.45, 7) is 2.60. The first-order valence-corrected chi connectivity index (χ1v) is 10.7. The van der Waals surface area contributed by atoms with Gasteiger partial charge in [0.05, 0.1) is 17.5 Å². The van der Waals surface area contributed by atoms with E-state index in [9.17, 15) is 13.2 Å². The fraction of sp³-hybridized carbons (Fsp3) is 0.611. The lowest BCUT2D eigenvalue weighted by Gasteiger charge is -2.12. The molecule has 1 aliphatic heterocycles. The van der Waals surface area contributed by atoms with Gasteiger partial charge in [-0.3, -0.25) is 4.79 Å². The summed E-state index contributed by atoms with van der Waals surface area (Å²) in [5, 5.41) is 5.97. The Morgan fingerprint density at radius 3 is 2.48 bits per heavy atom. The first-order valence-electron chi connectivity index (χ1n) is 9.20. The van der Waals surface area contributed by atoms with Crippen LogP contribution < -0.4 is 15.4 Å². The summed E-state index contributed by atoms with van der Waals surface area (Å²) < 4.78 is 32.6. The van der Waals surface area contributed by atoms with Crippen LogP contribution in [0.15, 0.2) is 29.2 Å². The van der Waals surface area contributed by atoms with Crippen molar-refractivity contribution in [3.05, 3.63) is 29.8 Å². The zero-order valence-corrected chi connectivity index (χ0v) is 16.9. The average molecular weight is 418 g/mol. The smallest absolute Gasteiger partial charge is 0.240 e. The van der Waals surface area contributed by atoms with Crippen LogP contribution in [0.5, 0.6) is 0 Å². The number of hydrogen-bond acceptors (Lipinski definition) is 5. The Balaban J connectivity index is 0.00000261. The van der Waals surface area contributed by atoms with Gasteiger partial charge in [-0.05, 0) is 55.8 Å². The van der Waals surface area contributed by atoms with E-state index in [-0.39, 0.29) is 29.3 Å². The molecule has 9 heteroatoms. The first-order chi connectivity index (χ1) is 12.5. The van der Waals surface area contributed by atoms with E-state index >= 15 is 0 Å². The summed E-state index contributed by atoms with van der Waals surface area (Å²) in [6.07, 6.45) is 4.34. The van der Waals surface area contributed by atoms with E-state index < -0.39 is 10.0 Å². The number of rotatable bonds is 10. The van der Waals surface area contributed by atoms with E-state index in [4.69, 9.17) is 4.74 Å². The summed E-state index contributed by atoms with van der Waals surface area (Å²) in [6, 6.07) is 6.56. The molecule has 152 valence electrons. The van der Waals surface area contributed by atoms with E-state index in [2.05, 4.69) is 15.4 Å². The third-order valence-electron chi connectivity index (χ3n) is 4.66. The van der Waals surface area contributed by atoms with Crippen LogP contribution in [-0.2, 0) is 26.1 Å². The van der Waals surface area contributed by atoms with Crippen molar-refractivity contribution in [2.75, 3.05) is 26.2 Å². The summed E-state index contributed by atoms with van der Waals surface area (Å²) >= 11 is 0. The van der Waals surface area contributed by atoms with Crippen molar-refractivity contribution in [1.29, 1.82) is 0 Å². The van der Waals surface area contributed by atoms with Crippen LogP contribution in [0.2, 0.25) is 0 Å². The van der Waals surface area contributed by atoms with Crippen molar-refractivity contribution in [3.8, 4) is 0 Å². The van der Waals surface area contributed by atoms with Crippen LogP contribution >= 0.6 is 12.4 Å². The van der Waals surface area contributed by atoms with Crippen LogP contribution in [-0.4, -0.2) is 46.7 Å². The maximum atomic E-state index is 12.3. The minimum Gasteiger partial charge on any atom is -0.377 e. The van der Waals surface area contributed by atoms with Crippen molar-refractivity contribution in [2.24, 2.45) is 5.92 Å². The molecule has 1 aromatic rings. The molecule has 27 heavy (non-hydrogen) atoms. The first kappa shape index (κ1) is 22.1. The normalized spacial score (nSPS) is 19.5. The van der Waals surface area contributed by atoms with Gasteiger partial charge in [0.15, 0.2) is 0 Å². The Bertz CT molecular complexity index is 702. The molecule has 1 amide bonds. The highest BCUT2D eigenvalue weighted by Gasteiger charge is 2.21. The zero-order valence-electron chi connectivity index (χ0n) is 15.3. The second-order valence-electron chi connectivity index (χ2n) is 6.98.